The van der Waals surface area contributed by atoms with E-state index in [1.54, 1.807) is 12.7 Å². The summed E-state index contributed by atoms with van der Waals surface area (Å²) in [5.41, 5.74) is 0.603. The van der Waals surface area contributed by atoms with Crippen LogP contribution in [0.5, 0.6) is 0 Å². The average molecular weight is 351 g/mol. The van der Waals surface area contributed by atoms with Crippen molar-refractivity contribution in [3.8, 4) is 0 Å². The van der Waals surface area contributed by atoms with Crippen molar-refractivity contribution in [1.29, 1.82) is 0 Å². The van der Waals surface area contributed by atoms with Crippen molar-refractivity contribution in [3.05, 3.63) is 24.5 Å². The van der Waals surface area contributed by atoms with Crippen molar-refractivity contribution in [2.24, 2.45) is 0 Å². The highest BCUT2D eigenvalue weighted by atomic mass is 32.2. The SMILES string of the molecule is CS(=O)(=O)c1cnc(NCCn2cnnc2)nc1C1CCCNC1. The van der Waals surface area contributed by atoms with Gasteiger partial charge in [-0.1, -0.05) is 0 Å². The van der Waals surface area contributed by atoms with E-state index in [-0.39, 0.29) is 10.8 Å². The van der Waals surface area contributed by atoms with E-state index in [0.29, 0.717) is 24.7 Å². The van der Waals surface area contributed by atoms with E-state index >= 15 is 0 Å². The summed E-state index contributed by atoms with van der Waals surface area (Å²) in [5, 5.41) is 13.9. The second kappa shape index (κ2) is 7.22. The molecule has 0 bridgehead atoms. The molecule has 2 aromatic heterocycles. The molecule has 10 heteroatoms. The quantitative estimate of drug-likeness (QED) is 0.750. The second-order valence-corrected chi connectivity index (χ2v) is 7.87. The first-order chi connectivity index (χ1) is 11.5. The Bertz CT molecular complexity index is 770. The standard InChI is InChI=1S/C14H21N7O2S/c1-24(22,23)12-8-17-14(16-5-6-21-9-18-19-10-21)20-13(12)11-3-2-4-15-7-11/h8-11,15H,2-7H2,1H3,(H,16,17,20). The number of hydrogen-bond donors (Lipinski definition) is 2. The maximum atomic E-state index is 12.0. The molecule has 0 saturated carbocycles. The fraction of sp³-hybridized carbons (Fsp3) is 0.571. The third kappa shape index (κ3) is 4.06. The van der Waals surface area contributed by atoms with Gasteiger partial charge in [-0.3, -0.25) is 0 Å². The van der Waals surface area contributed by atoms with Gasteiger partial charge in [-0.15, -0.1) is 10.2 Å². The molecule has 1 aliphatic rings. The number of sulfone groups is 1. The first-order valence-corrected chi connectivity index (χ1v) is 9.77. The fourth-order valence-corrected chi connectivity index (χ4v) is 3.60. The third-order valence-electron chi connectivity index (χ3n) is 3.99. The molecule has 0 amide bonds. The van der Waals surface area contributed by atoms with Crippen LogP contribution < -0.4 is 10.6 Å². The number of hydrogen-bond acceptors (Lipinski definition) is 8. The Morgan fingerprint density at radius 3 is 2.83 bits per heavy atom. The zero-order valence-electron chi connectivity index (χ0n) is 13.5. The van der Waals surface area contributed by atoms with E-state index in [1.807, 2.05) is 4.57 Å². The van der Waals surface area contributed by atoms with Crippen LogP contribution in [0.1, 0.15) is 24.5 Å². The van der Waals surface area contributed by atoms with Crippen LogP contribution in [0.2, 0.25) is 0 Å². The first-order valence-electron chi connectivity index (χ1n) is 7.88. The zero-order chi connectivity index (χ0) is 17.0. The number of rotatable bonds is 6. The van der Waals surface area contributed by atoms with Gasteiger partial charge in [0, 0.05) is 31.8 Å². The molecule has 130 valence electrons. The summed E-state index contributed by atoms with van der Waals surface area (Å²) in [6.07, 6.45) is 7.81. The number of anilines is 1. The third-order valence-corrected chi connectivity index (χ3v) is 5.10. The maximum absolute atomic E-state index is 12.0. The van der Waals surface area contributed by atoms with E-state index in [2.05, 4.69) is 30.8 Å². The van der Waals surface area contributed by atoms with Crippen LogP contribution in [0.4, 0.5) is 5.95 Å². The molecule has 0 spiro atoms. The Kier molecular flexibility index (Phi) is 5.05. The average Bonchev–Trinajstić information content (AvgIpc) is 3.08. The number of nitrogens with one attached hydrogen (secondary N) is 2. The Morgan fingerprint density at radius 1 is 1.38 bits per heavy atom. The molecule has 0 radical (unpaired) electrons. The van der Waals surface area contributed by atoms with Gasteiger partial charge in [-0.2, -0.15) is 0 Å². The van der Waals surface area contributed by atoms with Gasteiger partial charge in [-0.25, -0.2) is 18.4 Å². The van der Waals surface area contributed by atoms with Crippen LogP contribution in [-0.2, 0) is 16.4 Å². The van der Waals surface area contributed by atoms with Gasteiger partial charge in [0.25, 0.3) is 0 Å². The molecule has 1 saturated heterocycles. The lowest BCUT2D eigenvalue weighted by molar-refractivity contribution is 0.448. The molecular weight excluding hydrogens is 330 g/mol. The van der Waals surface area contributed by atoms with E-state index in [0.717, 1.165) is 25.9 Å². The predicted molar refractivity (Wildman–Crippen MR) is 88.5 cm³/mol. The molecule has 2 aromatic rings. The minimum absolute atomic E-state index is 0.0878. The number of nitrogens with zero attached hydrogens (tertiary/aromatic N) is 5. The topological polar surface area (TPSA) is 115 Å². The highest BCUT2D eigenvalue weighted by Crippen LogP contribution is 2.27. The molecule has 24 heavy (non-hydrogen) atoms. The summed E-state index contributed by atoms with van der Waals surface area (Å²) >= 11 is 0. The van der Waals surface area contributed by atoms with Crippen molar-refractivity contribution in [3.63, 3.8) is 0 Å². The van der Waals surface area contributed by atoms with Gasteiger partial charge < -0.3 is 15.2 Å². The summed E-state index contributed by atoms with van der Waals surface area (Å²) in [4.78, 5) is 8.88. The molecular formula is C14H21N7O2S. The summed E-state index contributed by atoms with van der Waals surface area (Å²) in [6, 6.07) is 0. The predicted octanol–water partition coefficient (Wildman–Crippen LogP) is 0.0507. The van der Waals surface area contributed by atoms with Crippen molar-refractivity contribution >= 4 is 15.8 Å². The van der Waals surface area contributed by atoms with Gasteiger partial charge in [0.1, 0.15) is 17.6 Å². The monoisotopic (exact) mass is 351 g/mol. The summed E-state index contributed by atoms with van der Waals surface area (Å²) in [5.74, 6) is 0.529. The van der Waals surface area contributed by atoms with Crippen LogP contribution in [0.15, 0.2) is 23.7 Å². The maximum Gasteiger partial charge on any atom is 0.223 e. The number of piperidine rings is 1. The molecule has 1 fully saturated rings. The van der Waals surface area contributed by atoms with E-state index in [1.165, 1.54) is 12.5 Å². The van der Waals surface area contributed by atoms with Gasteiger partial charge in [0.15, 0.2) is 9.84 Å². The van der Waals surface area contributed by atoms with Crippen molar-refractivity contribution < 1.29 is 8.42 Å². The minimum Gasteiger partial charge on any atom is -0.352 e. The van der Waals surface area contributed by atoms with E-state index < -0.39 is 9.84 Å². The molecule has 1 atom stereocenters. The van der Waals surface area contributed by atoms with E-state index in [9.17, 15) is 8.42 Å². The lowest BCUT2D eigenvalue weighted by Gasteiger charge is -2.24. The van der Waals surface area contributed by atoms with Crippen molar-refractivity contribution in [2.75, 3.05) is 31.2 Å². The Morgan fingerprint density at radius 2 is 2.17 bits per heavy atom. The molecule has 3 heterocycles. The van der Waals surface area contributed by atoms with Crippen molar-refractivity contribution in [2.45, 2.75) is 30.2 Å². The van der Waals surface area contributed by atoms with Gasteiger partial charge in [0.05, 0.1) is 11.9 Å². The molecule has 1 aliphatic heterocycles. The molecule has 9 nitrogen and oxygen atoms in total. The number of aromatic nitrogens is 5. The summed E-state index contributed by atoms with van der Waals surface area (Å²) in [7, 11) is -3.36. The van der Waals surface area contributed by atoms with Crippen LogP contribution in [0, 0.1) is 0 Å². The Balaban J connectivity index is 1.78. The van der Waals surface area contributed by atoms with Crippen LogP contribution in [0.25, 0.3) is 0 Å². The Labute approximate surface area is 140 Å². The molecule has 2 N–H and O–H groups in total. The van der Waals surface area contributed by atoms with Gasteiger partial charge >= 0.3 is 0 Å². The lowest BCUT2D eigenvalue weighted by atomic mass is 9.96. The minimum atomic E-state index is -3.36. The smallest absolute Gasteiger partial charge is 0.223 e. The zero-order valence-corrected chi connectivity index (χ0v) is 14.3. The first kappa shape index (κ1) is 16.8. The lowest BCUT2D eigenvalue weighted by Crippen LogP contribution is -2.30. The molecule has 1 unspecified atom stereocenters. The molecule has 3 rings (SSSR count). The van der Waals surface area contributed by atoms with E-state index in [4.69, 9.17) is 0 Å². The van der Waals surface area contributed by atoms with Crippen LogP contribution >= 0.6 is 0 Å². The molecule has 0 aliphatic carbocycles. The molecule has 0 aromatic carbocycles. The van der Waals surface area contributed by atoms with Crippen LogP contribution in [-0.4, -0.2) is 59.0 Å². The normalized spacial score (nSPS) is 18.5. The van der Waals surface area contributed by atoms with Gasteiger partial charge in [-0.05, 0) is 19.4 Å². The van der Waals surface area contributed by atoms with Crippen LogP contribution in [0.3, 0.4) is 0 Å². The van der Waals surface area contributed by atoms with Crippen molar-refractivity contribution in [1.82, 2.24) is 30.0 Å². The summed E-state index contributed by atoms with van der Waals surface area (Å²) < 4.78 is 25.9. The van der Waals surface area contributed by atoms with Gasteiger partial charge in [0.2, 0.25) is 5.95 Å². The second-order valence-electron chi connectivity index (χ2n) is 5.89. The summed E-state index contributed by atoms with van der Waals surface area (Å²) in [6.45, 7) is 2.96. The Hall–Kier alpha value is -2.07. The largest absolute Gasteiger partial charge is 0.352 e. The highest BCUT2D eigenvalue weighted by molar-refractivity contribution is 7.90. The fourth-order valence-electron chi connectivity index (χ4n) is 2.77. The highest BCUT2D eigenvalue weighted by Gasteiger charge is 2.25.